The zero-order chi connectivity index (χ0) is 23.8. The van der Waals surface area contributed by atoms with Crippen molar-refractivity contribution in [3.63, 3.8) is 0 Å². The molecule has 32 heavy (non-hydrogen) atoms. The predicted octanol–water partition coefficient (Wildman–Crippen LogP) is 5.69. The van der Waals surface area contributed by atoms with Crippen LogP contribution in [0.15, 0.2) is 61.7 Å². The van der Waals surface area contributed by atoms with Gasteiger partial charge in [0.25, 0.3) is 0 Å². The summed E-state index contributed by atoms with van der Waals surface area (Å²) in [6.07, 6.45) is 4.88. The van der Waals surface area contributed by atoms with E-state index in [1.807, 2.05) is 55.5 Å². The number of ether oxygens (including phenoxy) is 2. The second kappa shape index (κ2) is 11.3. The molecule has 0 aromatic heterocycles. The van der Waals surface area contributed by atoms with Gasteiger partial charge in [-0.1, -0.05) is 80.8 Å². The molecule has 172 valence electrons. The van der Waals surface area contributed by atoms with Crippen molar-refractivity contribution in [1.29, 1.82) is 0 Å². The SMILES string of the molecule is C=Cc1ccc(CCOC(=O)C(C)(C)C(C)C(C)(O)OCCc2ccc(C=C)cc2)cc1. The average molecular weight is 437 g/mol. The number of hydrogen-bond donors (Lipinski definition) is 1. The van der Waals surface area contributed by atoms with Gasteiger partial charge in [0.05, 0.1) is 18.6 Å². The van der Waals surface area contributed by atoms with Gasteiger partial charge in [-0.05, 0) is 49.4 Å². The van der Waals surface area contributed by atoms with E-state index in [9.17, 15) is 9.90 Å². The van der Waals surface area contributed by atoms with Gasteiger partial charge in [-0.2, -0.15) is 0 Å². The lowest BCUT2D eigenvalue weighted by atomic mass is 9.75. The normalized spacial score (nSPS) is 14.3. The first kappa shape index (κ1) is 25.6. The number of rotatable bonds is 12. The summed E-state index contributed by atoms with van der Waals surface area (Å²) < 4.78 is 11.3. The Hall–Kier alpha value is -2.69. The van der Waals surface area contributed by atoms with E-state index in [0.717, 1.165) is 22.3 Å². The molecular weight excluding hydrogens is 400 g/mol. The van der Waals surface area contributed by atoms with Crippen molar-refractivity contribution in [2.24, 2.45) is 11.3 Å². The minimum atomic E-state index is -1.47. The predicted molar refractivity (Wildman–Crippen MR) is 131 cm³/mol. The van der Waals surface area contributed by atoms with E-state index in [0.29, 0.717) is 19.4 Å². The van der Waals surface area contributed by atoms with Gasteiger partial charge in [0.15, 0.2) is 5.79 Å². The summed E-state index contributed by atoms with van der Waals surface area (Å²) in [6, 6.07) is 16.0. The minimum Gasteiger partial charge on any atom is -0.465 e. The van der Waals surface area contributed by atoms with E-state index >= 15 is 0 Å². The zero-order valence-electron chi connectivity index (χ0n) is 19.8. The quantitative estimate of drug-likeness (QED) is 0.343. The fourth-order valence-electron chi connectivity index (χ4n) is 3.44. The first-order chi connectivity index (χ1) is 15.1. The van der Waals surface area contributed by atoms with Crippen molar-refractivity contribution in [2.45, 2.75) is 46.3 Å². The Morgan fingerprint density at radius 3 is 1.78 bits per heavy atom. The van der Waals surface area contributed by atoms with Crippen LogP contribution in [0.5, 0.6) is 0 Å². The van der Waals surface area contributed by atoms with Crippen molar-refractivity contribution < 1.29 is 19.4 Å². The average Bonchev–Trinajstić information content (AvgIpc) is 2.79. The van der Waals surface area contributed by atoms with Crippen LogP contribution in [-0.2, 0) is 27.1 Å². The van der Waals surface area contributed by atoms with Gasteiger partial charge in [-0.15, -0.1) is 0 Å². The molecule has 0 heterocycles. The van der Waals surface area contributed by atoms with E-state index in [1.165, 1.54) is 0 Å². The number of esters is 1. The largest absolute Gasteiger partial charge is 0.465 e. The maximum atomic E-state index is 12.8. The smallest absolute Gasteiger partial charge is 0.311 e. The molecule has 0 amide bonds. The molecule has 0 spiro atoms. The third kappa shape index (κ3) is 6.91. The first-order valence-corrected chi connectivity index (χ1v) is 11.1. The highest BCUT2D eigenvalue weighted by Gasteiger charge is 2.45. The number of hydrogen-bond acceptors (Lipinski definition) is 4. The number of carbonyl (C=O) groups excluding carboxylic acids is 1. The molecule has 0 aliphatic rings. The highest BCUT2D eigenvalue weighted by molar-refractivity contribution is 5.76. The molecule has 2 aromatic carbocycles. The van der Waals surface area contributed by atoms with Crippen molar-refractivity contribution in [3.8, 4) is 0 Å². The molecule has 2 rings (SSSR count). The number of benzene rings is 2. The van der Waals surface area contributed by atoms with Crippen LogP contribution in [0.3, 0.4) is 0 Å². The van der Waals surface area contributed by atoms with Crippen LogP contribution in [0, 0.1) is 11.3 Å². The van der Waals surface area contributed by atoms with Crippen molar-refractivity contribution in [1.82, 2.24) is 0 Å². The summed E-state index contributed by atoms with van der Waals surface area (Å²) in [7, 11) is 0. The Balaban J connectivity index is 1.86. The van der Waals surface area contributed by atoms with Gasteiger partial charge in [0, 0.05) is 12.3 Å². The molecule has 0 aliphatic carbocycles. The summed E-state index contributed by atoms with van der Waals surface area (Å²) in [5.41, 5.74) is 3.40. The van der Waals surface area contributed by atoms with Crippen LogP contribution in [0.4, 0.5) is 0 Å². The van der Waals surface area contributed by atoms with Crippen LogP contribution in [0.1, 0.15) is 49.9 Å². The van der Waals surface area contributed by atoms with Gasteiger partial charge in [0.2, 0.25) is 0 Å². The fraction of sp³-hybridized carbons (Fsp3) is 0.393. The molecule has 1 N–H and O–H groups in total. The molecule has 0 saturated heterocycles. The van der Waals surface area contributed by atoms with Crippen LogP contribution in [0.2, 0.25) is 0 Å². The molecule has 0 fully saturated rings. The molecular formula is C28H36O4. The molecule has 0 bridgehead atoms. The second-order valence-corrected chi connectivity index (χ2v) is 8.87. The second-order valence-electron chi connectivity index (χ2n) is 8.87. The lowest BCUT2D eigenvalue weighted by Gasteiger charge is -2.39. The van der Waals surface area contributed by atoms with E-state index < -0.39 is 17.1 Å². The lowest BCUT2D eigenvalue weighted by molar-refractivity contribution is -0.242. The standard InChI is InChI=1S/C28H36O4/c1-7-22-9-13-24(14-10-22)17-19-31-26(29)27(4,5)21(3)28(6,30)32-20-18-25-15-11-23(8-2)12-16-25/h7-16,21,30H,1-2,17-20H2,3-6H3. The molecule has 4 nitrogen and oxygen atoms in total. The highest BCUT2D eigenvalue weighted by Crippen LogP contribution is 2.37. The number of aliphatic hydroxyl groups is 1. The van der Waals surface area contributed by atoms with Crippen molar-refractivity contribution >= 4 is 18.1 Å². The highest BCUT2D eigenvalue weighted by atomic mass is 16.6. The maximum absolute atomic E-state index is 12.8. The topological polar surface area (TPSA) is 55.8 Å². The van der Waals surface area contributed by atoms with E-state index in [1.54, 1.807) is 32.9 Å². The van der Waals surface area contributed by atoms with E-state index in [4.69, 9.17) is 9.47 Å². The van der Waals surface area contributed by atoms with Crippen molar-refractivity contribution in [2.75, 3.05) is 13.2 Å². The Kier molecular flexibility index (Phi) is 8.99. The maximum Gasteiger partial charge on any atom is 0.311 e. The Morgan fingerprint density at radius 1 is 0.906 bits per heavy atom. The number of carbonyl (C=O) groups is 1. The monoisotopic (exact) mass is 436 g/mol. The van der Waals surface area contributed by atoms with Crippen LogP contribution >= 0.6 is 0 Å². The molecule has 2 unspecified atom stereocenters. The van der Waals surface area contributed by atoms with E-state index in [-0.39, 0.29) is 12.6 Å². The zero-order valence-corrected chi connectivity index (χ0v) is 19.8. The molecule has 0 radical (unpaired) electrons. The molecule has 4 heteroatoms. The summed E-state index contributed by atoms with van der Waals surface area (Å²) in [6.45, 7) is 15.1. The van der Waals surface area contributed by atoms with Crippen molar-refractivity contribution in [3.05, 3.63) is 83.9 Å². The van der Waals surface area contributed by atoms with Gasteiger partial charge < -0.3 is 14.6 Å². The summed E-state index contributed by atoms with van der Waals surface area (Å²) in [5, 5.41) is 10.9. The Labute approximate surface area is 192 Å². The van der Waals surface area contributed by atoms with Crippen LogP contribution in [0.25, 0.3) is 12.2 Å². The summed E-state index contributed by atoms with van der Waals surface area (Å²) >= 11 is 0. The Morgan fingerprint density at radius 2 is 1.34 bits per heavy atom. The Bertz CT molecular complexity index is 892. The minimum absolute atomic E-state index is 0.284. The summed E-state index contributed by atoms with van der Waals surface area (Å²) in [5.74, 6) is -2.29. The molecule has 2 aromatic rings. The van der Waals surface area contributed by atoms with E-state index in [2.05, 4.69) is 13.2 Å². The lowest BCUT2D eigenvalue weighted by Crippen LogP contribution is -2.48. The molecule has 2 atom stereocenters. The molecule has 0 saturated carbocycles. The first-order valence-electron chi connectivity index (χ1n) is 11.1. The molecule has 0 aliphatic heterocycles. The van der Waals surface area contributed by atoms with Gasteiger partial charge >= 0.3 is 5.97 Å². The van der Waals surface area contributed by atoms with Gasteiger partial charge in [-0.3, -0.25) is 4.79 Å². The van der Waals surface area contributed by atoms with Crippen LogP contribution in [-0.4, -0.2) is 30.1 Å². The third-order valence-corrected chi connectivity index (χ3v) is 6.25. The third-order valence-electron chi connectivity index (χ3n) is 6.25. The fourth-order valence-corrected chi connectivity index (χ4v) is 3.44. The van der Waals surface area contributed by atoms with Crippen LogP contribution < -0.4 is 0 Å². The van der Waals surface area contributed by atoms with Gasteiger partial charge in [-0.25, -0.2) is 0 Å². The summed E-state index contributed by atoms with van der Waals surface area (Å²) in [4.78, 5) is 12.8. The van der Waals surface area contributed by atoms with Gasteiger partial charge in [0.1, 0.15) is 0 Å².